The molecule has 0 spiro atoms. The van der Waals surface area contributed by atoms with E-state index < -0.39 is 0 Å². The van der Waals surface area contributed by atoms with Crippen molar-refractivity contribution < 1.29 is 4.74 Å². The third-order valence-electron chi connectivity index (χ3n) is 1.55. The summed E-state index contributed by atoms with van der Waals surface area (Å²) in [7, 11) is 3.43. The van der Waals surface area contributed by atoms with Gasteiger partial charge in [-0.05, 0) is 0 Å². The van der Waals surface area contributed by atoms with Gasteiger partial charge in [0.15, 0.2) is 5.82 Å². The Hall–Kier alpha value is -1.74. The van der Waals surface area contributed by atoms with Crippen LogP contribution in [0.2, 0.25) is 0 Å². The van der Waals surface area contributed by atoms with Crippen LogP contribution >= 0.6 is 0 Å². The molecule has 0 saturated carbocycles. The minimum absolute atomic E-state index is 0.615. The van der Waals surface area contributed by atoms with Gasteiger partial charge in [-0.25, -0.2) is 4.68 Å². The van der Waals surface area contributed by atoms with Gasteiger partial charge in [0.1, 0.15) is 6.54 Å². The number of methoxy groups -OCH3 is 1. The van der Waals surface area contributed by atoms with E-state index in [9.17, 15) is 0 Å². The first-order valence-corrected chi connectivity index (χ1v) is 3.87. The summed E-state index contributed by atoms with van der Waals surface area (Å²) >= 11 is 0. The van der Waals surface area contributed by atoms with Gasteiger partial charge in [0.25, 0.3) is 12.9 Å². The van der Waals surface area contributed by atoms with Gasteiger partial charge >= 0.3 is 0 Å². The number of rotatable bonds is 4. The van der Waals surface area contributed by atoms with Gasteiger partial charge in [0.2, 0.25) is 5.88 Å². The highest BCUT2D eigenvalue weighted by Crippen LogP contribution is 2.14. The first-order chi connectivity index (χ1) is 6.27. The fourth-order valence-corrected chi connectivity index (χ4v) is 0.942. The van der Waals surface area contributed by atoms with Crippen LogP contribution in [0, 0.1) is 0 Å². The Morgan fingerprint density at radius 3 is 3.15 bits per heavy atom. The molecule has 1 heterocycles. The molecule has 0 fully saturated rings. The van der Waals surface area contributed by atoms with Crippen LogP contribution in [0.4, 0.5) is 5.82 Å². The third-order valence-corrected chi connectivity index (χ3v) is 1.55. The maximum Gasteiger partial charge on any atom is 0.287 e. The average molecular weight is 181 g/mol. The molecule has 0 aliphatic rings. The van der Waals surface area contributed by atoms with E-state index in [1.54, 1.807) is 18.0 Å². The van der Waals surface area contributed by atoms with E-state index in [-0.39, 0.29) is 0 Å². The lowest BCUT2D eigenvalue weighted by molar-refractivity contribution is 0.373. The molecule has 70 valence electrons. The maximum atomic E-state index is 5.05. The van der Waals surface area contributed by atoms with Crippen molar-refractivity contribution in [3.05, 3.63) is 6.07 Å². The van der Waals surface area contributed by atoms with Crippen molar-refractivity contribution in [2.45, 2.75) is 0 Å². The number of nitrogens with one attached hydrogen (secondary N) is 1. The topological polar surface area (TPSA) is 53.2 Å². The second-order valence-corrected chi connectivity index (χ2v) is 2.44. The number of nitrogens with zero attached hydrogens (tertiary/aromatic N) is 3. The van der Waals surface area contributed by atoms with E-state index in [1.165, 1.54) is 0 Å². The zero-order valence-electron chi connectivity index (χ0n) is 7.82. The van der Waals surface area contributed by atoms with Gasteiger partial charge in [-0.15, -0.1) is 4.67 Å². The fourth-order valence-electron chi connectivity index (χ4n) is 0.942. The second kappa shape index (κ2) is 4.33. The SMILES string of the molecule is C=[N+]=CCNc1cc(OC)n(C)n1. The number of anilines is 1. The zero-order chi connectivity index (χ0) is 9.68. The highest BCUT2D eigenvalue weighted by molar-refractivity contribution is 5.64. The van der Waals surface area contributed by atoms with Gasteiger partial charge in [-0.3, -0.25) is 0 Å². The van der Waals surface area contributed by atoms with Gasteiger partial charge in [-0.2, -0.15) is 5.10 Å². The highest BCUT2D eigenvalue weighted by atomic mass is 16.5. The van der Waals surface area contributed by atoms with Crippen LogP contribution in [0.25, 0.3) is 0 Å². The minimum atomic E-state index is 0.615. The first-order valence-electron chi connectivity index (χ1n) is 3.87. The lowest BCUT2D eigenvalue weighted by atomic mass is 10.6. The van der Waals surface area contributed by atoms with Crippen molar-refractivity contribution in [2.24, 2.45) is 7.05 Å². The van der Waals surface area contributed by atoms with Crippen molar-refractivity contribution in [2.75, 3.05) is 19.0 Å². The number of ether oxygens (including phenoxy) is 1. The number of hydrogen-bond donors (Lipinski definition) is 1. The Bertz CT molecular complexity index is 325. The summed E-state index contributed by atoms with van der Waals surface area (Å²) in [6.07, 6.45) is 1.67. The van der Waals surface area contributed by atoms with E-state index in [2.05, 4.69) is 21.8 Å². The molecule has 1 aromatic rings. The van der Waals surface area contributed by atoms with Gasteiger partial charge < -0.3 is 10.1 Å². The number of hydrogen-bond acceptors (Lipinski definition) is 3. The summed E-state index contributed by atoms with van der Waals surface area (Å²) in [5, 5.41) is 7.19. The lowest BCUT2D eigenvalue weighted by Crippen LogP contribution is -2.04. The molecule has 0 aliphatic heterocycles. The van der Waals surface area contributed by atoms with E-state index in [4.69, 9.17) is 4.74 Å². The molecule has 5 heteroatoms. The third kappa shape index (κ3) is 2.35. The second-order valence-electron chi connectivity index (χ2n) is 2.44. The normalized spacial score (nSPS) is 9.08. The Labute approximate surface area is 76.8 Å². The first kappa shape index (κ1) is 9.35. The summed E-state index contributed by atoms with van der Waals surface area (Å²) in [6, 6.07) is 1.82. The predicted molar refractivity (Wildman–Crippen MR) is 53.6 cm³/mol. The molecule has 5 nitrogen and oxygen atoms in total. The average Bonchev–Trinajstić information content (AvgIpc) is 2.47. The van der Waals surface area contributed by atoms with Crippen molar-refractivity contribution >= 4 is 18.7 Å². The maximum absolute atomic E-state index is 5.05. The number of aryl methyl sites for hydroxylation is 1. The van der Waals surface area contributed by atoms with Crippen molar-refractivity contribution in [3.8, 4) is 5.88 Å². The summed E-state index contributed by atoms with van der Waals surface area (Å²) in [5.41, 5.74) is 0. The van der Waals surface area contributed by atoms with Crippen molar-refractivity contribution in [1.29, 1.82) is 0 Å². The lowest BCUT2D eigenvalue weighted by Gasteiger charge is -1.95. The van der Waals surface area contributed by atoms with Crippen LogP contribution in [-0.2, 0) is 7.05 Å². The van der Waals surface area contributed by atoms with Crippen LogP contribution in [0.15, 0.2) is 6.07 Å². The standard InChI is InChI=1S/C8H13N4O/c1-9-4-5-10-7-6-8(13-3)12(2)11-7/h4,6H,1,5H2,2-3H3,(H,10,11)/q+1. The minimum Gasteiger partial charge on any atom is -0.481 e. The molecule has 1 rings (SSSR count). The van der Waals surface area contributed by atoms with Gasteiger partial charge in [0.05, 0.1) is 7.11 Å². The smallest absolute Gasteiger partial charge is 0.287 e. The fraction of sp³-hybridized carbons (Fsp3) is 0.375. The molecule has 1 aromatic heterocycles. The Morgan fingerprint density at radius 2 is 2.62 bits per heavy atom. The molecule has 0 radical (unpaired) electrons. The van der Waals surface area contributed by atoms with E-state index in [0.29, 0.717) is 12.4 Å². The zero-order valence-corrected chi connectivity index (χ0v) is 7.82. The van der Waals surface area contributed by atoms with Gasteiger partial charge in [-0.1, -0.05) is 0 Å². The highest BCUT2D eigenvalue weighted by Gasteiger charge is 2.03. The Kier molecular flexibility index (Phi) is 3.11. The van der Waals surface area contributed by atoms with Crippen LogP contribution < -0.4 is 14.7 Å². The largest absolute Gasteiger partial charge is 0.481 e. The van der Waals surface area contributed by atoms with E-state index >= 15 is 0 Å². The monoisotopic (exact) mass is 181 g/mol. The molecular weight excluding hydrogens is 168 g/mol. The summed E-state index contributed by atoms with van der Waals surface area (Å²) in [4.78, 5) is 0. The quantitative estimate of drug-likeness (QED) is 0.511. The van der Waals surface area contributed by atoms with Crippen LogP contribution in [0.3, 0.4) is 0 Å². The van der Waals surface area contributed by atoms with Crippen LogP contribution in [0.5, 0.6) is 5.88 Å². The Morgan fingerprint density at radius 1 is 1.85 bits per heavy atom. The molecule has 0 amide bonds. The summed E-state index contributed by atoms with van der Waals surface area (Å²) < 4.78 is 10.3. The molecule has 0 unspecified atom stereocenters. The molecule has 13 heavy (non-hydrogen) atoms. The van der Waals surface area contributed by atoms with Gasteiger partial charge in [0, 0.05) is 13.1 Å². The molecule has 0 atom stereocenters. The van der Waals surface area contributed by atoms with Crippen LogP contribution in [0.1, 0.15) is 0 Å². The van der Waals surface area contributed by atoms with E-state index in [1.807, 2.05) is 13.1 Å². The Balaban J connectivity index is 2.62. The number of aromatic nitrogens is 2. The molecular formula is C8H13N4O+. The molecule has 1 N–H and O–H groups in total. The van der Waals surface area contributed by atoms with Crippen molar-refractivity contribution in [3.63, 3.8) is 0 Å². The molecule has 0 bridgehead atoms. The molecule has 0 aromatic carbocycles. The summed E-state index contributed by atoms with van der Waals surface area (Å²) in [6.45, 7) is 3.95. The van der Waals surface area contributed by atoms with Crippen molar-refractivity contribution in [1.82, 2.24) is 14.4 Å². The van der Waals surface area contributed by atoms with Crippen LogP contribution in [-0.4, -0.2) is 36.4 Å². The van der Waals surface area contributed by atoms with E-state index in [0.717, 1.165) is 5.82 Å². The predicted octanol–water partition coefficient (Wildman–Crippen LogP) is -0.321. The summed E-state index contributed by atoms with van der Waals surface area (Å²) in [5.74, 6) is 1.48. The molecule has 0 aliphatic carbocycles. The molecule has 0 saturated heterocycles.